The highest BCUT2D eigenvalue weighted by Crippen LogP contribution is 2.28. The van der Waals surface area contributed by atoms with Crippen LogP contribution in [-0.2, 0) is 4.74 Å². The molecule has 0 spiro atoms. The first kappa shape index (κ1) is 19.1. The minimum atomic E-state index is 0.142. The van der Waals surface area contributed by atoms with Gasteiger partial charge in [0.1, 0.15) is 0 Å². The Hall–Kier alpha value is -2.26. The van der Waals surface area contributed by atoms with E-state index in [1.807, 2.05) is 0 Å². The molecule has 1 atom stereocenters. The van der Waals surface area contributed by atoms with E-state index in [0.717, 1.165) is 19.7 Å². The zero-order valence-corrected chi connectivity index (χ0v) is 17.0. The Morgan fingerprint density at radius 1 is 0.964 bits per heavy atom. The molecule has 3 heteroatoms. The van der Waals surface area contributed by atoms with Crippen LogP contribution in [0.5, 0.6) is 0 Å². The zero-order valence-electron chi connectivity index (χ0n) is 17.0. The van der Waals surface area contributed by atoms with Crippen molar-refractivity contribution in [2.45, 2.75) is 44.2 Å². The first-order valence-electron chi connectivity index (χ1n) is 10.7. The number of rotatable bonds is 5. The van der Waals surface area contributed by atoms with Gasteiger partial charge in [0.25, 0.3) is 0 Å². The molecule has 1 saturated heterocycles. The molecule has 1 aliphatic carbocycles. The predicted octanol–water partition coefficient (Wildman–Crippen LogP) is 5.50. The van der Waals surface area contributed by atoms with Crippen molar-refractivity contribution in [2.24, 2.45) is 0 Å². The minimum Gasteiger partial charge on any atom is -0.372 e. The van der Waals surface area contributed by atoms with Crippen LogP contribution in [0.25, 0.3) is 6.08 Å². The van der Waals surface area contributed by atoms with Gasteiger partial charge in [-0.25, -0.2) is 0 Å². The second-order valence-electron chi connectivity index (χ2n) is 8.08. The number of ether oxygens (including phenoxy) is 1. The van der Waals surface area contributed by atoms with Crippen molar-refractivity contribution in [3.8, 4) is 0 Å². The van der Waals surface area contributed by atoms with E-state index >= 15 is 0 Å². The quantitative estimate of drug-likeness (QED) is 0.685. The van der Waals surface area contributed by atoms with Gasteiger partial charge >= 0.3 is 0 Å². The molecule has 2 aliphatic rings. The van der Waals surface area contributed by atoms with E-state index in [1.54, 1.807) is 0 Å². The van der Waals surface area contributed by atoms with Gasteiger partial charge < -0.3 is 14.5 Å². The zero-order chi connectivity index (χ0) is 19.2. The second kappa shape index (κ2) is 9.29. The van der Waals surface area contributed by atoms with Crippen molar-refractivity contribution >= 4 is 11.8 Å². The summed E-state index contributed by atoms with van der Waals surface area (Å²) in [4.78, 5) is 4.84. The molecule has 1 saturated carbocycles. The van der Waals surface area contributed by atoms with Crippen LogP contribution < -0.4 is 4.90 Å². The third kappa shape index (κ3) is 4.77. The molecule has 3 nitrogen and oxygen atoms in total. The second-order valence-corrected chi connectivity index (χ2v) is 8.08. The summed E-state index contributed by atoms with van der Waals surface area (Å²) in [7, 11) is 2.25. The molecule has 1 aliphatic heterocycles. The van der Waals surface area contributed by atoms with Crippen LogP contribution in [0, 0.1) is 0 Å². The maximum atomic E-state index is 6.07. The van der Waals surface area contributed by atoms with Crippen LogP contribution in [0.4, 0.5) is 5.69 Å². The molecule has 0 amide bonds. The van der Waals surface area contributed by atoms with E-state index < -0.39 is 0 Å². The SMILES string of the molecule is CN(c1ccc([C@H]2CN(C=Cc3ccccc3)CCO2)cc1)C1CCCCC1. The Labute approximate surface area is 169 Å². The van der Waals surface area contributed by atoms with E-state index in [1.165, 1.54) is 48.9 Å². The van der Waals surface area contributed by atoms with Crippen molar-refractivity contribution in [1.29, 1.82) is 0 Å². The van der Waals surface area contributed by atoms with Crippen molar-refractivity contribution in [3.63, 3.8) is 0 Å². The Bertz CT molecular complexity index is 750. The molecule has 0 radical (unpaired) electrons. The van der Waals surface area contributed by atoms with E-state index in [4.69, 9.17) is 4.74 Å². The largest absolute Gasteiger partial charge is 0.372 e. The summed E-state index contributed by atoms with van der Waals surface area (Å²) >= 11 is 0. The molecule has 0 unspecified atom stereocenters. The molecular weight excluding hydrogens is 344 g/mol. The van der Waals surface area contributed by atoms with Gasteiger partial charge in [-0.1, -0.05) is 61.7 Å². The van der Waals surface area contributed by atoms with Gasteiger partial charge in [0.05, 0.1) is 12.7 Å². The maximum absolute atomic E-state index is 6.07. The van der Waals surface area contributed by atoms with Crippen LogP contribution in [0.15, 0.2) is 60.8 Å². The highest BCUT2D eigenvalue weighted by atomic mass is 16.5. The van der Waals surface area contributed by atoms with Gasteiger partial charge in [0, 0.05) is 31.9 Å². The Balaban J connectivity index is 1.37. The van der Waals surface area contributed by atoms with Gasteiger partial charge in [-0.05, 0) is 48.4 Å². The lowest BCUT2D eigenvalue weighted by Crippen LogP contribution is -2.35. The van der Waals surface area contributed by atoms with Gasteiger partial charge in [-0.3, -0.25) is 0 Å². The summed E-state index contributed by atoms with van der Waals surface area (Å²) < 4.78 is 6.07. The topological polar surface area (TPSA) is 15.7 Å². The number of hydrogen-bond donors (Lipinski definition) is 0. The Morgan fingerprint density at radius 2 is 1.71 bits per heavy atom. The third-order valence-electron chi connectivity index (χ3n) is 6.17. The van der Waals surface area contributed by atoms with Gasteiger partial charge in [0.15, 0.2) is 0 Å². The molecule has 2 aromatic rings. The van der Waals surface area contributed by atoms with Gasteiger partial charge in [0.2, 0.25) is 0 Å². The fraction of sp³-hybridized carbons (Fsp3) is 0.440. The number of hydrogen-bond acceptors (Lipinski definition) is 3. The Morgan fingerprint density at radius 3 is 2.46 bits per heavy atom. The summed E-state index contributed by atoms with van der Waals surface area (Å²) in [6.07, 6.45) is 11.3. The molecule has 0 aromatic heterocycles. The normalized spacial score (nSPS) is 21.2. The van der Waals surface area contributed by atoms with Crippen LogP contribution in [0.2, 0.25) is 0 Å². The number of nitrogens with zero attached hydrogens (tertiary/aromatic N) is 2. The first-order chi connectivity index (χ1) is 13.8. The monoisotopic (exact) mass is 376 g/mol. The van der Waals surface area contributed by atoms with Gasteiger partial charge in [-0.2, -0.15) is 0 Å². The number of benzene rings is 2. The summed E-state index contributed by atoms with van der Waals surface area (Å²) in [5.41, 5.74) is 3.84. The summed E-state index contributed by atoms with van der Waals surface area (Å²) in [5, 5.41) is 0. The van der Waals surface area contributed by atoms with Gasteiger partial charge in [-0.15, -0.1) is 0 Å². The average molecular weight is 377 g/mol. The lowest BCUT2D eigenvalue weighted by Gasteiger charge is -2.34. The highest BCUT2D eigenvalue weighted by Gasteiger charge is 2.21. The fourth-order valence-electron chi connectivity index (χ4n) is 4.37. The standard InChI is InChI=1S/C25H32N2O/c1-26(23-10-6-3-7-11-23)24-14-12-22(13-15-24)25-20-27(18-19-28-25)17-16-21-8-4-2-5-9-21/h2,4-5,8-9,12-17,23,25H,3,6-7,10-11,18-20H2,1H3/t25-/m1/s1. The number of anilines is 1. The molecule has 28 heavy (non-hydrogen) atoms. The minimum absolute atomic E-state index is 0.142. The molecule has 148 valence electrons. The van der Waals surface area contributed by atoms with Crippen molar-refractivity contribution in [2.75, 3.05) is 31.6 Å². The van der Waals surface area contributed by atoms with Crippen LogP contribution in [0.3, 0.4) is 0 Å². The smallest absolute Gasteiger partial charge is 0.1000 e. The van der Waals surface area contributed by atoms with Crippen LogP contribution in [0.1, 0.15) is 49.3 Å². The molecule has 2 fully saturated rings. The summed E-state index contributed by atoms with van der Waals surface area (Å²) in [6, 6.07) is 20.2. The molecule has 2 aromatic carbocycles. The van der Waals surface area contributed by atoms with Crippen LogP contribution in [-0.4, -0.2) is 37.7 Å². The van der Waals surface area contributed by atoms with E-state index in [9.17, 15) is 0 Å². The maximum Gasteiger partial charge on any atom is 0.1000 e. The lowest BCUT2D eigenvalue weighted by molar-refractivity contribution is -0.0135. The predicted molar refractivity (Wildman–Crippen MR) is 117 cm³/mol. The molecule has 0 bridgehead atoms. The summed E-state index contributed by atoms with van der Waals surface area (Å²) in [5.74, 6) is 0. The molecule has 1 heterocycles. The number of morpholine rings is 1. The van der Waals surface area contributed by atoms with Crippen molar-refractivity contribution in [3.05, 3.63) is 71.9 Å². The lowest BCUT2D eigenvalue weighted by atomic mass is 9.94. The van der Waals surface area contributed by atoms with E-state index in [0.29, 0.717) is 6.04 Å². The van der Waals surface area contributed by atoms with E-state index in [2.05, 4.69) is 83.7 Å². The average Bonchev–Trinajstić information content (AvgIpc) is 2.79. The summed E-state index contributed by atoms with van der Waals surface area (Å²) in [6.45, 7) is 2.62. The fourth-order valence-corrected chi connectivity index (χ4v) is 4.37. The van der Waals surface area contributed by atoms with E-state index in [-0.39, 0.29) is 6.10 Å². The molecule has 0 N–H and O–H groups in total. The van der Waals surface area contributed by atoms with Crippen molar-refractivity contribution < 1.29 is 4.74 Å². The first-order valence-corrected chi connectivity index (χ1v) is 10.7. The molecular formula is C25H32N2O. The third-order valence-corrected chi connectivity index (χ3v) is 6.17. The van der Waals surface area contributed by atoms with Crippen molar-refractivity contribution in [1.82, 2.24) is 4.90 Å². The molecule has 4 rings (SSSR count). The Kier molecular flexibility index (Phi) is 6.33. The highest BCUT2D eigenvalue weighted by molar-refractivity contribution is 5.49. The van der Waals surface area contributed by atoms with Crippen LogP contribution >= 0.6 is 0 Å².